The van der Waals surface area contributed by atoms with Gasteiger partial charge >= 0.3 is 8.80 Å². The highest BCUT2D eigenvalue weighted by molar-refractivity contribution is 6.60. The van der Waals surface area contributed by atoms with Gasteiger partial charge in [0.05, 0.1) is 0 Å². The van der Waals surface area contributed by atoms with Crippen LogP contribution in [-0.4, -0.2) is 41.4 Å². The molecule has 21 heavy (non-hydrogen) atoms. The van der Waals surface area contributed by atoms with Crippen LogP contribution < -0.4 is 0 Å². The Morgan fingerprint density at radius 1 is 0.952 bits per heavy atom. The van der Waals surface area contributed by atoms with Gasteiger partial charge in [0.25, 0.3) is 0 Å². The molecule has 0 aromatic heterocycles. The Kier molecular flexibility index (Phi) is 11.8. The molecule has 0 amide bonds. The summed E-state index contributed by atoms with van der Waals surface area (Å²) in [7, 11) is -2.49. The van der Waals surface area contributed by atoms with Crippen LogP contribution >= 0.6 is 0 Å². The number of hydrogen-bond acceptors (Lipinski definition) is 4. The van der Waals surface area contributed by atoms with Gasteiger partial charge in [0, 0.05) is 38.6 Å². The first-order chi connectivity index (χ1) is 10.0. The zero-order chi connectivity index (χ0) is 16.1. The molecule has 0 aliphatic carbocycles. The van der Waals surface area contributed by atoms with Crippen molar-refractivity contribution in [3.05, 3.63) is 11.1 Å². The van der Waals surface area contributed by atoms with Crippen molar-refractivity contribution < 1.29 is 13.3 Å². The van der Waals surface area contributed by atoms with Crippen LogP contribution in [0.3, 0.4) is 0 Å². The maximum Gasteiger partial charge on any atom is 0.500 e. The van der Waals surface area contributed by atoms with Crippen molar-refractivity contribution in [3.8, 4) is 0 Å². The van der Waals surface area contributed by atoms with E-state index in [4.69, 9.17) is 13.3 Å². The SMILES string of the molecule is CCO[Si](CCCN=CC(C)=C(C)CC)(OCC)OCC. The van der Waals surface area contributed by atoms with E-state index >= 15 is 0 Å². The van der Waals surface area contributed by atoms with E-state index in [9.17, 15) is 0 Å². The molecule has 0 N–H and O–H groups in total. The molecule has 0 unspecified atom stereocenters. The first-order valence-electron chi connectivity index (χ1n) is 8.13. The van der Waals surface area contributed by atoms with Crippen molar-refractivity contribution in [3.63, 3.8) is 0 Å². The molecule has 0 heterocycles. The Hall–Kier alpha value is -0.493. The third kappa shape index (κ3) is 8.51. The van der Waals surface area contributed by atoms with E-state index in [2.05, 4.69) is 25.8 Å². The van der Waals surface area contributed by atoms with Crippen molar-refractivity contribution >= 4 is 15.0 Å². The van der Waals surface area contributed by atoms with E-state index < -0.39 is 8.80 Å². The second kappa shape index (κ2) is 12.1. The smallest absolute Gasteiger partial charge is 0.374 e. The Morgan fingerprint density at radius 2 is 1.48 bits per heavy atom. The summed E-state index contributed by atoms with van der Waals surface area (Å²) < 4.78 is 17.5. The molecule has 0 saturated heterocycles. The lowest BCUT2D eigenvalue weighted by Crippen LogP contribution is -2.46. The van der Waals surface area contributed by atoms with Gasteiger partial charge in [-0.1, -0.05) is 12.5 Å². The summed E-state index contributed by atoms with van der Waals surface area (Å²) in [5, 5.41) is 0. The van der Waals surface area contributed by atoms with Crippen LogP contribution in [0.25, 0.3) is 0 Å². The van der Waals surface area contributed by atoms with E-state index in [1.807, 2.05) is 27.0 Å². The molecule has 0 spiro atoms. The quantitative estimate of drug-likeness (QED) is 0.307. The van der Waals surface area contributed by atoms with E-state index in [0.29, 0.717) is 19.8 Å². The highest BCUT2D eigenvalue weighted by Crippen LogP contribution is 2.18. The van der Waals surface area contributed by atoms with Crippen molar-refractivity contribution in [1.29, 1.82) is 0 Å². The molecule has 0 aliphatic heterocycles. The minimum absolute atomic E-state index is 0.632. The molecule has 4 nitrogen and oxygen atoms in total. The zero-order valence-corrected chi connectivity index (χ0v) is 15.7. The first kappa shape index (κ1) is 20.5. The number of rotatable bonds is 12. The highest BCUT2D eigenvalue weighted by Gasteiger charge is 2.39. The monoisotopic (exact) mass is 315 g/mol. The standard InChI is InChI=1S/C16H33NO3Si/c1-7-15(5)16(6)14-17-12-11-13-21(18-8-2,19-9-3)20-10-4/h14H,7-13H2,1-6H3. The molecule has 0 bridgehead atoms. The van der Waals surface area contributed by atoms with Crippen LogP contribution in [0.5, 0.6) is 0 Å². The minimum Gasteiger partial charge on any atom is -0.374 e. The van der Waals surface area contributed by atoms with Gasteiger partial charge in [0.2, 0.25) is 0 Å². The molecular weight excluding hydrogens is 282 g/mol. The van der Waals surface area contributed by atoms with Gasteiger partial charge in [-0.2, -0.15) is 0 Å². The summed E-state index contributed by atoms with van der Waals surface area (Å²) in [5.74, 6) is 0. The predicted octanol–water partition coefficient (Wildman–Crippen LogP) is 4.24. The Bertz CT molecular complexity index is 312. The van der Waals surface area contributed by atoms with Crippen LogP contribution in [-0.2, 0) is 13.3 Å². The molecular formula is C16H33NO3Si. The molecule has 124 valence electrons. The molecule has 0 saturated carbocycles. The molecule has 5 heteroatoms. The normalized spacial score (nSPS) is 13.8. The van der Waals surface area contributed by atoms with Crippen molar-refractivity contribution in [1.82, 2.24) is 0 Å². The van der Waals surface area contributed by atoms with Crippen LogP contribution in [0.15, 0.2) is 16.1 Å². The number of aliphatic imine (C=N–C) groups is 1. The summed E-state index contributed by atoms with van der Waals surface area (Å²) in [6.07, 6.45) is 3.98. The fourth-order valence-electron chi connectivity index (χ4n) is 1.98. The summed E-state index contributed by atoms with van der Waals surface area (Å²) in [6, 6.07) is 0.829. The summed E-state index contributed by atoms with van der Waals surface area (Å²) >= 11 is 0. The van der Waals surface area contributed by atoms with Crippen LogP contribution in [0.1, 0.15) is 54.4 Å². The molecule has 0 aromatic carbocycles. The van der Waals surface area contributed by atoms with Crippen LogP contribution in [0, 0.1) is 0 Å². The molecule has 0 atom stereocenters. The Morgan fingerprint density at radius 3 is 1.90 bits per heavy atom. The van der Waals surface area contributed by atoms with Crippen LogP contribution in [0.4, 0.5) is 0 Å². The summed E-state index contributed by atoms with van der Waals surface area (Å²) in [4.78, 5) is 4.50. The molecule has 0 aromatic rings. The van der Waals surface area contributed by atoms with E-state index in [-0.39, 0.29) is 0 Å². The second-order valence-corrected chi connectivity index (χ2v) is 7.67. The number of hydrogen-bond donors (Lipinski definition) is 0. The first-order valence-corrected chi connectivity index (χ1v) is 10.1. The van der Waals surface area contributed by atoms with Gasteiger partial charge in [-0.05, 0) is 53.0 Å². The van der Waals surface area contributed by atoms with Gasteiger partial charge in [-0.15, -0.1) is 0 Å². The average Bonchev–Trinajstić information content (AvgIpc) is 2.46. The lowest BCUT2D eigenvalue weighted by molar-refractivity contribution is 0.0710. The third-order valence-electron chi connectivity index (χ3n) is 3.35. The lowest BCUT2D eigenvalue weighted by atomic mass is 10.1. The van der Waals surface area contributed by atoms with Crippen molar-refractivity contribution in [2.75, 3.05) is 26.4 Å². The molecule has 0 fully saturated rings. The highest BCUT2D eigenvalue weighted by atomic mass is 28.4. The van der Waals surface area contributed by atoms with Crippen molar-refractivity contribution in [2.24, 2.45) is 4.99 Å². The zero-order valence-electron chi connectivity index (χ0n) is 14.7. The fourth-order valence-corrected chi connectivity index (χ4v) is 4.57. The van der Waals surface area contributed by atoms with E-state index in [1.165, 1.54) is 11.1 Å². The lowest BCUT2D eigenvalue weighted by Gasteiger charge is -2.28. The van der Waals surface area contributed by atoms with E-state index in [0.717, 1.165) is 25.4 Å². The Labute approximate surface area is 132 Å². The maximum absolute atomic E-state index is 5.83. The van der Waals surface area contributed by atoms with Gasteiger partial charge in [0.1, 0.15) is 0 Å². The molecule has 0 rings (SSSR count). The van der Waals surface area contributed by atoms with Gasteiger partial charge in [0.15, 0.2) is 0 Å². The largest absolute Gasteiger partial charge is 0.500 e. The average molecular weight is 316 g/mol. The second-order valence-electron chi connectivity index (χ2n) is 4.94. The van der Waals surface area contributed by atoms with E-state index in [1.54, 1.807) is 0 Å². The predicted molar refractivity (Wildman–Crippen MR) is 92.1 cm³/mol. The van der Waals surface area contributed by atoms with Gasteiger partial charge in [-0.3, -0.25) is 4.99 Å². The number of allylic oxidation sites excluding steroid dienone is 2. The Balaban J connectivity index is 4.39. The fraction of sp³-hybridized carbons (Fsp3) is 0.812. The topological polar surface area (TPSA) is 40.0 Å². The summed E-state index contributed by atoms with van der Waals surface area (Å²) in [5.41, 5.74) is 2.65. The number of nitrogens with zero attached hydrogens (tertiary/aromatic N) is 1. The van der Waals surface area contributed by atoms with Gasteiger partial charge in [-0.25, -0.2) is 0 Å². The van der Waals surface area contributed by atoms with Crippen LogP contribution in [0.2, 0.25) is 6.04 Å². The minimum atomic E-state index is -2.49. The summed E-state index contributed by atoms with van der Waals surface area (Å²) in [6.45, 7) is 15.1. The van der Waals surface area contributed by atoms with Crippen molar-refractivity contribution in [2.45, 2.75) is 60.4 Å². The molecule has 0 radical (unpaired) electrons. The maximum atomic E-state index is 5.83. The molecule has 0 aliphatic rings. The third-order valence-corrected chi connectivity index (χ3v) is 6.50. The van der Waals surface area contributed by atoms with Gasteiger partial charge < -0.3 is 13.3 Å².